The topological polar surface area (TPSA) is 137 Å². The Morgan fingerprint density at radius 2 is 1.86 bits per heavy atom. The Morgan fingerprint density at radius 1 is 1.19 bits per heavy atom. The van der Waals surface area contributed by atoms with Gasteiger partial charge >= 0.3 is 12.3 Å². The molecule has 2 aliphatic rings. The first kappa shape index (κ1) is 30.7. The number of carbonyl (C=O) groups excluding carboxylic acids is 2. The smallest absolute Gasteiger partial charge is 0.415 e. The molecule has 0 bridgehead atoms. The number of carboxylic acid groups (broad SMARTS) is 1. The van der Waals surface area contributed by atoms with Gasteiger partial charge in [0, 0.05) is 23.8 Å². The lowest BCUT2D eigenvalue weighted by molar-refractivity contribution is -0.218. The number of guanidine groups is 1. The quantitative estimate of drug-likeness (QED) is 0.501. The molecule has 2 aliphatic heterocycles. The number of hydrogen-bond acceptors (Lipinski definition) is 7. The van der Waals surface area contributed by atoms with E-state index in [0.29, 0.717) is 16.0 Å². The SMILES string of the molecule is CN1C(=O)[C@@H]2[C@@H](C(F)(F)F)OC[C@]2(c2cc(NC(=O)c3cnc(C(F)F)cn3)ccc2F)N=C1N(C(=O)O)C(C)(C)C. The predicted octanol–water partition coefficient (Wildman–Crippen LogP) is 4.18. The Labute approximate surface area is 234 Å². The standard InChI is InChI=1S/C25H24F6N6O5/c1-23(2,3)37(22(40)41)21-35-24(10-42-17(25(29,30)31)16(24)20(39)36(21)4)12-7-11(5-6-13(12)26)34-19(38)15-9-32-14(8-33-15)18(27)28/h5-9,16-18H,10H2,1-4H3,(H,34,38)(H,40,41)/t16-,17-,24+/m0/s1. The molecule has 0 spiro atoms. The lowest BCUT2D eigenvalue weighted by Gasteiger charge is -2.44. The first-order chi connectivity index (χ1) is 19.4. The predicted molar refractivity (Wildman–Crippen MR) is 132 cm³/mol. The van der Waals surface area contributed by atoms with Crippen LogP contribution in [0.4, 0.5) is 36.8 Å². The van der Waals surface area contributed by atoms with Crippen LogP contribution in [0.2, 0.25) is 0 Å². The fourth-order valence-corrected chi connectivity index (χ4v) is 4.81. The summed E-state index contributed by atoms with van der Waals surface area (Å²) in [6, 6.07) is 2.80. The molecule has 1 aromatic heterocycles. The van der Waals surface area contributed by atoms with Crippen molar-refractivity contribution in [2.75, 3.05) is 19.0 Å². The summed E-state index contributed by atoms with van der Waals surface area (Å²) >= 11 is 0. The second-order valence-corrected chi connectivity index (χ2v) is 10.5. The summed E-state index contributed by atoms with van der Waals surface area (Å²) < 4.78 is 88.1. The van der Waals surface area contributed by atoms with E-state index in [4.69, 9.17) is 4.74 Å². The number of carbonyl (C=O) groups is 3. The van der Waals surface area contributed by atoms with Crippen LogP contribution in [0.25, 0.3) is 0 Å². The number of aromatic nitrogens is 2. The maximum atomic E-state index is 15.5. The van der Waals surface area contributed by atoms with Gasteiger partial charge in [-0.05, 0) is 39.0 Å². The van der Waals surface area contributed by atoms with Gasteiger partial charge in [0.2, 0.25) is 11.9 Å². The lowest BCUT2D eigenvalue weighted by atomic mass is 9.75. The van der Waals surface area contributed by atoms with E-state index in [1.54, 1.807) is 0 Å². The molecule has 0 aliphatic carbocycles. The monoisotopic (exact) mass is 602 g/mol. The molecule has 17 heteroatoms. The van der Waals surface area contributed by atoms with Crippen LogP contribution in [0.1, 0.15) is 48.9 Å². The van der Waals surface area contributed by atoms with Crippen molar-refractivity contribution in [3.8, 4) is 0 Å². The van der Waals surface area contributed by atoms with Crippen molar-refractivity contribution in [2.24, 2.45) is 10.9 Å². The van der Waals surface area contributed by atoms with E-state index in [0.717, 1.165) is 31.4 Å². The highest BCUT2D eigenvalue weighted by Gasteiger charge is 2.67. The third-order valence-corrected chi connectivity index (χ3v) is 6.70. The highest BCUT2D eigenvalue weighted by molar-refractivity contribution is 6.06. The largest absolute Gasteiger partial charge is 0.465 e. The third-order valence-electron chi connectivity index (χ3n) is 6.70. The number of hydrogen-bond donors (Lipinski definition) is 2. The van der Waals surface area contributed by atoms with Gasteiger partial charge in [-0.3, -0.25) is 19.5 Å². The number of alkyl halides is 5. The highest BCUT2D eigenvalue weighted by atomic mass is 19.4. The van der Waals surface area contributed by atoms with E-state index >= 15 is 4.39 Å². The highest BCUT2D eigenvalue weighted by Crippen LogP contribution is 2.51. The molecule has 3 atom stereocenters. The summed E-state index contributed by atoms with van der Waals surface area (Å²) in [6.07, 6.45) is -10.9. The molecule has 1 aromatic carbocycles. The van der Waals surface area contributed by atoms with Crippen molar-refractivity contribution in [3.05, 3.63) is 53.4 Å². The van der Waals surface area contributed by atoms with Crippen molar-refractivity contribution in [3.63, 3.8) is 0 Å². The van der Waals surface area contributed by atoms with Crippen LogP contribution >= 0.6 is 0 Å². The van der Waals surface area contributed by atoms with Gasteiger partial charge < -0.3 is 15.2 Å². The molecular formula is C25H24F6N6O5. The van der Waals surface area contributed by atoms with Crippen LogP contribution in [-0.2, 0) is 15.1 Å². The van der Waals surface area contributed by atoms with Gasteiger partial charge in [0.05, 0.1) is 19.0 Å². The van der Waals surface area contributed by atoms with E-state index in [9.17, 15) is 41.4 Å². The minimum absolute atomic E-state index is 0.186. The number of aliphatic imine (C=N–C) groups is 1. The zero-order valence-electron chi connectivity index (χ0n) is 22.4. The summed E-state index contributed by atoms with van der Waals surface area (Å²) in [6.45, 7) is 3.41. The first-order valence-corrected chi connectivity index (χ1v) is 12.2. The van der Waals surface area contributed by atoms with Crippen molar-refractivity contribution >= 4 is 29.6 Å². The molecule has 2 N–H and O–H groups in total. The number of nitrogens with one attached hydrogen (secondary N) is 1. The molecule has 3 heterocycles. The maximum absolute atomic E-state index is 15.5. The second-order valence-electron chi connectivity index (χ2n) is 10.5. The molecule has 1 fully saturated rings. The number of rotatable bonds is 4. The number of anilines is 1. The minimum atomic E-state index is -5.09. The van der Waals surface area contributed by atoms with Crippen molar-refractivity contribution < 1.29 is 50.6 Å². The van der Waals surface area contributed by atoms with Crippen LogP contribution < -0.4 is 5.32 Å². The van der Waals surface area contributed by atoms with Crippen LogP contribution in [0, 0.1) is 11.7 Å². The molecule has 4 rings (SSSR count). The lowest BCUT2D eigenvalue weighted by Crippen LogP contribution is -2.63. The zero-order chi connectivity index (χ0) is 31.4. The number of halogens is 6. The van der Waals surface area contributed by atoms with Gasteiger partial charge in [-0.15, -0.1) is 0 Å². The van der Waals surface area contributed by atoms with Crippen LogP contribution in [0.3, 0.4) is 0 Å². The van der Waals surface area contributed by atoms with Gasteiger partial charge in [0.25, 0.3) is 12.3 Å². The summed E-state index contributed by atoms with van der Waals surface area (Å²) in [5.41, 5.74) is -5.51. The summed E-state index contributed by atoms with van der Waals surface area (Å²) in [4.78, 5) is 51.0. The molecule has 3 amide bonds. The van der Waals surface area contributed by atoms with Gasteiger partial charge in [-0.1, -0.05) is 0 Å². The summed E-state index contributed by atoms with van der Waals surface area (Å²) in [5, 5.41) is 12.2. The van der Waals surface area contributed by atoms with Crippen LogP contribution in [0.5, 0.6) is 0 Å². The van der Waals surface area contributed by atoms with Gasteiger partial charge in [-0.2, -0.15) is 13.2 Å². The zero-order valence-corrected chi connectivity index (χ0v) is 22.4. The van der Waals surface area contributed by atoms with E-state index in [1.807, 2.05) is 0 Å². The van der Waals surface area contributed by atoms with Gasteiger partial charge in [0.15, 0.2) is 6.10 Å². The number of benzene rings is 1. The fraction of sp³-hybridized carbons (Fsp3) is 0.440. The number of fused-ring (bicyclic) bond motifs is 1. The average Bonchev–Trinajstić information content (AvgIpc) is 3.28. The van der Waals surface area contributed by atoms with Crippen LogP contribution in [-0.4, -0.2) is 80.2 Å². The molecule has 11 nitrogen and oxygen atoms in total. The summed E-state index contributed by atoms with van der Waals surface area (Å²) in [5.74, 6) is -6.04. The minimum Gasteiger partial charge on any atom is -0.465 e. The van der Waals surface area contributed by atoms with Crippen molar-refractivity contribution in [1.29, 1.82) is 0 Å². The number of nitrogens with zero attached hydrogens (tertiary/aromatic N) is 5. The molecule has 0 saturated carbocycles. The van der Waals surface area contributed by atoms with E-state index in [1.165, 1.54) is 20.8 Å². The van der Waals surface area contributed by atoms with E-state index in [-0.39, 0.29) is 5.69 Å². The molecule has 226 valence electrons. The second kappa shape index (κ2) is 10.5. The Balaban J connectivity index is 1.86. The van der Waals surface area contributed by atoms with Gasteiger partial charge in [-0.25, -0.2) is 32.8 Å². The molecule has 0 radical (unpaired) electrons. The van der Waals surface area contributed by atoms with E-state index in [2.05, 4.69) is 20.3 Å². The third kappa shape index (κ3) is 5.35. The van der Waals surface area contributed by atoms with Gasteiger partial charge in [0.1, 0.15) is 28.7 Å². The molecule has 2 aromatic rings. The van der Waals surface area contributed by atoms with Crippen molar-refractivity contribution in [1.82, 2.24) is 19.8 Å². The van der Waals surface area contributed by atoms with Crippen molar-refractivity contribution in [2.45, 2.75) is 50.6 Å². The average molecular weight is 602 g/mol. The Morgan fingerprint density at radius 3 is 2.38 bits per heavy atom. The first-order valence-electron chi connectivity index (χ1n) is 12.2. The van der Waals surface area contributed by atoms with Crippen LogP contribution in [0.15, 0.2) is 35.6 Å². The number of ether oxygens (including phenoxy) is 1. The fourth-order valence-electron chi connectivity index (χ4n) is 4.81. The summed E-state index contributed by atoms with van der Waals surface area (Å²) in [7, 11) is 1.05. The molecule has 42 heavy (non-hydrogen) atoms. The van der Waals surface area contributed by atoms with E-state index < -0.39 is 88.9 Å². The Kier molecular flexibility index (Phi) is 7.69. The molecule has 1 saturated heterocycles. The normalized spacial score (nSPS) is 22.6. The molecular weight excluding hydrogens is 578 g/mol. The Hall–Kier alpha value is -4.28. The molecule has 0 unspecified atom stereocenters. The maximum Gasteiger partial charge on any atom is 0.415 e. The number of amides is 3. The Bertz CT molecular complexity index is 1440.